The van der Waals surface area contributed by atoms with Crippen molar-refractivity contribution in [1.29, 1.82) is 0 Å². The second-order valence-electron chi connectivity index (χ2n) is 7.66. The quantitative estimate of drug-likeness (QED) is 0.758. The first kappa shape index (κ1) is 23.2. The molecule has 2 fully saturated rings. The Morgan fingerprint density at radius 3 is 2.55 bits per heavy atom. The summed E-state index contributed by atoms with van der Waals surface area (Å²) in [6.07, 6.45) is 1.86. The average molecular weight is 439 g/mol. The summed E-state index contributed by atoms with van der Waals surface area (Å²) in [4.78, 5) is 25.3. The van der Waals surface area contributed by atoms with Gasteiger partial charge in [0.15, 0.2) is 0 Å². The van der Waals surface area contributed by atoms with Gasteiger partial charge in [-0.25, -0.2) is 4.98 Å². The molecule has 2 aromatic rings. The van der Waals surface area contributed by atoms with E-state index in [2.05, 4.69) is 35.1 Å². The molecule has 158 valence electrons. The van der Waals surface area contributed by atoms with Crippen molar-refractivity contribution in [2.45, 2.75) is 38.3 Å². The topological polar surface area (TPSA) is 101 Å². The normalized spacial score (nSPS) is 21.1. The molecule has 2 aliphatic rings. The first-order valence-electron chi connectivity index (χ1n) is 9.46. The highest BCUT2D eigenvalue weighted by Gasteiger charge is 2.30. The SMILES string of the molecule is Cc1cccc(CN2CCN(c3cc(C4CC(N)C4)nc(N)n3)CC2=O)c1.Cl.Cl. The van der Waals surface area contributed by atoms with Crippen LogP contribution in [0.5, 0.6) is 0 Å². The smallest absolute Gasteiger partial charge is 0.242 e. The zero-order valence-corrected chi connectivity index (χ0v) is 18.1. The van der Waals surface area contributed by atoms with Gasteiger partial charge in [0.2, 0.25) is 11.9 Å². The van der Waals surface area contributed by atoms with Crippen LogP contribution in [0.2, 0.25) is 0 Å². The molecule has 0 radical (unpaired) electrons. The summed E-state index contributed by atoms with van der Waals surface area (Å²) >= 11 is 0. The predicted octanol–water partition coefficient (Wildman–Crippen LogP) is 2.26. The molecule has 7 nitrogen and oxygen atoms in total. The van der Waals surface area contributed by atoms with E-state index in [0.29, 0.717) is 25.6 Å². The van der Waals surface area contributed by atoms with Gasteiger partial charge in [0, 0.05) is 37.7 Å². The Morgan fingerprint density at radius 2 is 1.90 bits per heavy atom. The van der Waals surface area contributed by atoms with Gasteiger partial charge in [-0.15, -0.1) is 24.8 Å². The van der Waals surface area contributed by atoms with E-state index in [1.807, 2.05) is 21.9 Å². The maximum Gasteiger partial charge on any atom is 0.242 e. The Labute approximate surface area is 183 Å². The van der Waals surface area contributed by atoms with E-state index in [9.17, 15) is 4.79 Å². The summed E-state index contributed by atoms with van der Waals surface area (Å²) in [6, 6.07) is 10.5. The van der Waals surface area contributed by atoms with E-state index in [-0.39, 0.29) is 42.7 Å². The highest BCUT2D eigenvalue weighted by molar-refractivity contribution is 5.85. The zero-order chi connectivity index (χ0) is 19.0. The van der Waals surface area contributed by atoms with Crippen LogP contribution in [-0.2, 0) is 11.3 Å². The van der Waals surface area contributed by atoms with Crippen LogP contribution in [0.1, 0.15) is 35.6 Å². The van der Waals surface area contributed by atoms with Crippen LogP contribution in [-0.4, -0.2) is 46.5 Å². The number of piperazine rings is 1. The van der Waals surface area contributed by atoms with Gasteiger partial charge in [-0.3, -0.25) is 4.79 Å². The molecule has 1 aromatic heterocycles. The molecule has 4 rings (SSSR count). The fraction of sp³-hybridized carbons (Fsp3) is 0.450. The van der Waals surface area contributed by atoms with Crippen LogP contribution in [0.4, 0.5) is 11.8 Å². The third-order valence-corrected chi connectivity index (χ3v) is 5.44. The number of anilines is 2. The van der Waals surface area contributed by atoms with Crippen LogP contribution in [0.3, 0.4) is 0 Å². The number of halogens is 2. The van der Waals surface area contributed by atoms with E-state index < -0.39 is 0 Å². The van der Waals surface area contributed by atoms with E-state index >= 15 is 0 Å². The molecule has 0 atom stereocenters. The Morgan fingerprint density at radius 1 is 1.14 bits per heavy atom. The molecule has 0 spiro atoms. The van der Waals surface area contributed by atoms with Gasteiger partial charge in [-0.1, -0.05) is 29.8 Å². The lowest BCUT2D eigenvalue weighted by Gasteiger charge is -2.36. The van der Waals surface area contributed by atoms with Crippen LogP contribution in [0.15, 0.2) is 30.3 Å². The average Bonchev–Trinajstić information content (AvgIpc) is 2.60. The number of nitrogen functional groups attached to an aromatic ring is 1. The molecule has 29 heavy (non-hydrogen) atoms. The van der Waals surface area contributed by atoms with E-state index in [4.69, 9.17) is 11.5 Å². The van der Waals surface area contributed by atoms with Crippen molar-refractivity contribution in [1.82, 2.24) is 14.9 Å². The minimum Gasteiger partial charge on any atom is -0.368 e. The third kappa shape index (κ3) is 5.29. The van der Waals surface area contributed by atoms with Gasteiger partial charge < -0.3 is 21.3 Å². The molecule has 1 aliphatic heterocycles. The Bertz CT molecular complexity index is 859. The number of benzene rings is 1. The molecule has 4 N–H and O–H groups in total. The molecule has 1 aromatic carbocycles. The second-order valence-corrected chi connectivity index (χ2v) is 7.66. The van der Waals surface area contributed by atoms with Crippen molar-refractivity contribution in [2.24, 2.45) is 5.73 Å². The summed E-state index contributed by atoms with van der Waals surface area (Å²) in [5, 5.41) is 0. The highest BCUT2D eigenvalue weighted by atomic mass is 35.5. The summed E-state index contributed by atoms with van der Waals surface area (Å²) in [6.45, 7) is 4.42. The minimum atomic E-state index is 0. The number of rotatable bonds is 4. The molecule has 2 heterocycles. The summed E-state index contributed by atoms with van der Waals surface area (Å²) in [7, 11) is 0. The lowest BCUT2D eigenvalue weighted by molar-refractivity contribution is -0.131. The molecule has 1 saturated carbocycles. The second kappa shape index (κ2) is 9.61. The molecule has 1 aliphatic carbocycles. The van der Waals surface area contributed by atoms with Crippen molar-refractivity contribution in [3.05, 3.63) is 47.2 Å². The molecule has 9 heteroatoms. The number of aromatic nitrogens is 2. The van der Waals surface area contributed by atoms with Crippen molar-refractivity contribution in [3.8, 4) is 0 Å². The molecule has 1 saturated heterocycles. The van der Waals surface area contributed by atoms with E-state index in [1.54, 1.807) is 0 Å². The van der Waals surface area contributed by atoms with Gasteiger partial charge >= 0.3 is 0 Å². The van der Waals surface area contributed by atoms with E-state index in [0.717, 1.165) is 36.5 Å². The largest absolute Gasteiger partial charge is 0.368 e. The zero-order valence-electron chi connectivity index (χ0n) is 16.5. The first-order chi connectivity index (χ1) is 13.0. The lowest BCUT2D eigenvalue weighted by atomic mass is 9.78. The predicted molar refractivity (Wildman–Crippen MR) is 120 cm³/mol. The Hall–Kier alpha value is -2.09. The van der Waals surface area contributed by atoms with E-state index in [1.165, 1.54) is 5.56 Å². The number of hydrogen-bond donors (Lipinski definition) is 2. The fourth-order valence-electron chi connectivity index (χ4n) is 3.85. The number of carbonyl (C=O) groups is 1. The monoisotopic (exact) mass is 438 g/mol. The maximum atomic E-state index is 12.7. The van der Waals surface area contributed by atoms with Crippen molar-refractivity contribution >= 4 is 42.5 Å². The summed E-state index contributed by atoms with van der Waals surface area (Å²) in [5.74, 6) is 1.45. The first-order valence-corrected chi connectivity index (χ1v) is 9.46. The Balaban J connectivity index is 0.00000150. The van der Waals surface area contributed by atoms with Crippen molar-refractivity contribution in [2.75, 3.05) is 30.3 Å². The van der Waals surface area contributed by atoms with Crippen LogP contribution >= 0.6 is 24.8 Å². The van der Waals surface area contributed by atoms with Gasteiger partial charge in [0.25, 0.3) is 0 Å². The number of aryl methyl sites for hydroxylation is 1. The van der Waals surface area contributed by atoms with Gasteiger partial charge in [-0.2, -0.15) is 4.98 Å². The van der Waals surface area contributed by atoms with Gasteiger partial charge in [0.05, 0.1) is 12.2 Å². The fourth-order valence-corrected chi connectivity index (χ4v) is 3.85. The number of amides is 1. The van der Waals surface area contributed by atoms with Crippen LogP contribution < -0.4 is 16.4 Å². The summed E-state index contributed by atoms with van der Waals surface area (Å²) < 4.78 is 0. The summed E-state index contributed by atoms with van der Waals surface area (Å²) in [5.41, 5.74) is 15.1. The van der Waals surface area contributed by atoms with Crippen molar-refractivity contribution in [3.63, 3.8) is 0 Å². The molecule has 1 amide bonds. The molecular formula is C20H28Cl2N6O. The van der Waals surface area contributed by atoms with Crippen LogP contribution in [0.25, 0.3) is 0 Å². The molecule has 0 unspecified atom stereocenters. The van der Waals surface area contributed by atoms with Crippen LogP contribution in [0, 0.1) is 6.92 Å². The number of hydrogen-bond acceptors (Lipinski definition) is 6. The molecular weight excluding hydrogens is 411 g/mol. The number of nitrogens with two attached hydrogens (primary N) is 2. The number of nitrogens with zero attached hydrogens (tertiary/aromatic N) is 4. The Kier molecular flexibility index (Phi) is 7.68. The van der Waals surface area contributed by atoms with Gasteiger partial charge in [0.1, 0.15) is 5.82 Å². The highest BCUT2D eigenvalue weighted by Crippen LogP contribution is 2.36. The number of carbonyl (C=O) groups excluding carboxylic acids is 1. The lowest BCUT2D eigenvalue weighted by Crippen LogP contribution is -2.50. The minimum absolute atomic E-state index is 0. The molecule has 0 bridgehead atoms. The third-order valence-electron chi connectivity index (χ3n) is 5.44. The standard InChI is InChI=1S/C20H26N6O.2ClH/c1-13-3-2-4-14(7-13)11-26-6-5-25(12-19(26)27)18-10-17(23-20(22)24-18)15-8-16(21)9-15;;/h2-4,7,10,15-16H,5-6,8-9,11-12,21H2,1H3,(H2,22,23,24);2*1H. The maximum absolute atomic E-state index is 12.7. The van der Waals surface area contributed by atoms with Gasteiger partial charge in [-0.05, 0) is 25.3 Å². The van der Waals surface area contributed by atoms with Crippen molar-refractivity contribution < 1.29 is 4.79 Å².